The Kier molecular flexibility index (Phi) is 4.70. The number of para-hydroxylation sites is 3. The highest BCUT2D eigenvalue weighted by molar-refractivity contribution is 5.86. The van der Waals surface area contributed by atoms with Crippen LogP contribution in [0, 0.1) is 0 Å². The Balaban J connectivity index is 1.36. The van der Waals surface area contributed by atoms with Gasteiger partial charge >= 0.3 is 11.4 Å². The van der Waals surface area contributed by atoms with E-state index in [-0.39, 0.29) is 11.6 Å². The maximum atomic E-state index is 12.3. The summed E-state index contributed by atoms with van der Waals surface area (Å²) in [5.41, 5.74) is 2.01. The standard InChI is InChI=1S/C22H20N4O5/c1-2-29-17-10-5-7-14-13-18(30-19(14)17)20-24-26(22(28)31-20)12-6-11-25-16-9-4-3-8-15(16)23-21(25)27/h3-5,7-10,13H,2,6,11-12H2,1H3,(H,23,27). The Morgan fingerprint density at radius 1 is 1.06 bits per heavy atom. The van der Waals surface area contributed by atoms with Crippen LogP contribution in [-0.2, 0) is 13.1 Å². The molecule has 0 amide bonds. The van der Waals surface area contributed by atoms with Crippen molar-refractivity contribution >= 4 is 22.0 Å². The average Bonchev–Trinajstić information content (AvgIpc) is 3.44. The van der Waals surface area contributed by atoms with Crippen molar-refractivity contribution in [3.63, 3.8) is 0 Å². The van der Waals surface area contributed by atoms with Crippen molar-refractivity contribution in [3.05, 3.63) is 69.6 Å². The lowest BCUT2D eigenvalue weighted by atomic mass is 10.2. The van der Waals surface area contributed by atoms with E-state index in [0.29, 0.717) is 43.2 Å². The maximum absolute atomic E-state index is 12.3. The molecule has 2 aromatic carbocycles. The van der Waals surface area contributed by atoms with Crippen molar-refractivity contribution in [2.24, 2.45) is 0 Å². The number of H-pyrrole nitrogens is 1. The number of aromatic nitrogens is 4. The first-order valence-electron chi connectivity index (χ1n) is 10.1. The summed E-state index contributed by atoms with van der Waals surface area (Å²) in [5, 5.41) is 5.09. The molecular formula is C22H20N4O5. The quantitative estimate of drug-likeness (QED) is 0.432. The fraction of sp³-hybridized carbons (Fsp3) is 0.227. The van der Waals surface area contributed by atoms with Crippen molar-refractivity contribution < 1.29 is 13.6 Å². The highest BCUT2D eigenvalue weighted by atomic mass is 16.5. The number of aryl methyl sites for hydroxylation is 2. The summed E-state index contributed by atoms with van der Waals surface area (Å²) >= 11 is 0. The van der Waals surface area contributed by atoms with E-state index in [1.54, 1.807) is 10.6 Å². The summed E-state index contributed by atoms with van der Waals surface area (Å²) in [6.45, 7) is 3.16. The summed E-state index contributed by atoms with van der Waals surface area (Å²) in [7, 11) is 0. The molecule has 5 aromatic rings. The second-order valence-electron chi connectivity index (χ2n) is 7.07. The van der Waals surface area contributed by atoms with Gasteiger partial charge in [0.2, 0.25) is 0 Å². The van der Waals surface area contributed by atoms with Crippen molar-refractivity contribution in [1.29, 1.82) is 0 Å². The van der Waals surface area contributed by atoms with Crippen LogP contribution in [0.2, 0.25) is 0 Å². The molecule has 0 unspecified atom stereocenters. The maximum Gasteiger partial charge on any atom is 0.437 e. The van der Waals surface area contributed by atoms with Gasteiger partial charge in [0.1, 0.15) is 0 Å². The summed E-state index contributed by atoms with van der Waals surface area (Å²) in [6, 6.07) is 14.8. The van der Waals surface area contributed by atoms with Gasteiger partial charge in [-0.25, -0.2) is 9.59 Å². The molecule has 0 atom stereocenters. The summed E-state index contributed by atoms with van der Waals surface area (Å²) in [4.78, 5) is 27.3. The molecule has 0 spiro atoms. The predicted octanol–water partition coefficient (Wildman–Crippen LogP) is 3.38. The third-order valence-electron chi connectivity index (χ3n) is 5.06. The molecule has 9 heteroatoms. The van der Waals surface area contributed by atoms with Crippen LogP contribution in [-0.4, -0.2) is 25.9 Å². The van der Waals surface area contributed by atoms with Gasteiger partial charge in [-0.15, -0.1) is 5.10 Å². The number of fused-ring (bicyclic) bond motifs is 2. The minimum atomic E-state index is -0.577. The predicted molar refractivity (Wildman–Crippen MR) is 114 cm³/mol. The number of furan rings is 1. The zero-order chi connectivity index (χ0) is 21.4. The Bertz CT molecular complexity index is 1480. The fourth-order valence-corrected chi connectivity index (χ4v) is 3.67. The lowest BCUT2D eigenvalue weighted by molar-refractivity contribution is 0.338. The molecule has 0 saturated heterocycles. The monoisotopic (exact) mass is 420 g/mol. The Morgan fingerprint density at radius 3 is 2.81 bits per heavy atom. The van der Waals surface area contributed by atoms with Gasteiger partial charge in [-0.05, 0) is 37.6 Å². The van der Waals surface area contributed by atoms with Crippen molar-refractivity contribution in [3.8, 4) is 17.4 Å². The number of benzene rings is 2. The van der Waals surface area contributed by atoms with Gasteiger partial charge in [0, 0.05) is 18.5 Å². The van der Waals surface area contributed by atoms with Crippen LogP contribution in [0.15, 0.2) is 67.0 Å². The van der Waals surface area contributed by atoms with Crippen LogP contribution in [0.4, 0.5) is 0 Å². The zero-order valence-corrected chi connectivity index (χ0v) is 16.8. The Morgan fingerprint density at radius 2 is 1.94 bits per heavy atom. The highest BCUT2D eigenvalue weighted by Crippen LogP contribution is 2.32. The van der Waals surface area contributed by atoms with Crippen molar-refractivity contribution in [1.82, 2.24) is 19.3 Å². The van der Waals surface area contributed by atoms with Gasteiger partial charge in [-0.1, -0.05) is 24.3 Å². The highest BCUT2D eigenvalue weighted by Gasteiger charge is 2.17. The first-order chi connectivity index (χ1) is 15.1. The zero-order valence-electron chi connectivity index (χ0n) is 16.8. The molecule has 31 heavy (non-hydrogen) atoms. The number of hydrogen-bond donors (Lipinski definition) is 1. The number of nitrogens with zero attached hydrogens (tertiary/aromatic N) is 3. The smallest absolute Gasteiger partial charge is 0.437 e. The molecule has 9 nitrogen and oxygen atoms in total. The van der Waals surface area contributed by atoms with Gasteiger partial charge in [0.15, 0.2) is 17.1 Å². The molecule has 0 aliphatic carbocycles. The molecule has 5 rings (SSSR count). The van der Waals surface area contributed by atoms with Gasteiger partial charge in [-0.3, -0.25) is 4.57 Å². The first-order valence-corrected chi connectivity index (χ1v) is 10.1. The third kappa shape index (κ3) is 3.43. The molecule has 0 aliphatic rings. The molecule has 0 bridgehead atoms. The summed E-state index contributed by atoms with van der Waals surface area (Å²) < 4.78 is 19.6. The number of ether oxygens (including phenoxy) is 1. The van der Waals surface area contributed by atoms with Crippen molar-refractivity contribution in [2.45, 2.75) is 26.4 Å². The number of rotatable bonds is 7. The van der Waals surface area contributed by atoms with Crippen LogP contribution >= 0.6 is 0 Å². The van der Waals surface area contributed by atoms with Crippen LogP contribution < -0.4 is 16.2 Å². The van der Waals surface area contributed by atoms with Crippen molar-refractivity contribution in [2.75, 3.05) is 6.61 Å². The molecule has 3 aromatic heterocycles. The minimum Gasteiger partial charge on any atom is -0.490 e. The van der Waals surface area contributed by atoms with E-state index in [4.69, 9.17) is 13.6 Å². The van der Waals surface area contributed by atoms with Crippen LogP contribution in [0.3, 0.4) is 0 Å². The number of hydrogen-bond acceptors (Lipinski definition) is 6. The number of imidazole rings is 1. The van der Waals surface area contributed by atoms with E-state index in [0.717, 1.165) is 16.4 Å². The van der Waals surface area contributed by atoms with Gasteiger partial charge in [-0.2, -0.15) is 4.68 Å². The normalized spacial score (nSPS) is 11.5. The molecule has 0 radical (unpaired) electrons. The topological polar surface area (TPSA) is 108 Å². The molecule has 0 aliphatic heterocycles. The first kappa shape index (κ1) is 19.0. The van der Waals surface area contributed by atoms with Gasteiger partial charge in [0.25, 0.3) is 5.89 Å². The van der Waals surface area contributed by atoms with E-state index >= 15 is 0 Å². The van der Waals surface area contributed by atoms with E-state index in [2.05, 4.69) is 10.1 Å². The van der Waals surface area contributed by atoms with E-state index < -0.39 is 5.76 Å². The van der Waals surface area contributed by atoms with Crippen LogP contribution in [0.1, 0.15) is 13.3 Å². The molecule has 0 saturated carbocycles. The molecule has 3 heterocycles. The average molecular weight is 420 g/mol. The molecule has 1 N–H and O–H groups in total. The van der Waals surface area contributed by atoms with Crippen LogP contribution in [0.5, 0.6) is 5.75 Å². The summed E-state index contributed by atoms with van der Waals surface area (Å²) in [6.07, 6.45) is 0.530. The largest absolute Gasteiger partial charge is 0.490 e. The summed E-state index contributed by atoms with van der Waals surface area (Å²) in [5.74, 6) is 0.503. The Hall–Kier alpha value is -4.01. The van der Waals surface area contributed by atoms with Gasteiger partial charge < -0.3 is 18.6 Å². The van der Waals surface area contributed by atoms with Crippen LogP contribution in [0.25, 0.3) is 33.7 Å². The van der Waals surface area contributed by atoms with Gasteiger partial charge in [0.05, 0.1) is 17.6 Å². The molecule has 158 valence electrons. The fourth-order valence-electron chi connectivity index (χ4n) is 3.67. The second kappa shape index (κ2) is 7.67. The SMILES string of the molecule is CCOc1cccc2cc(-c3nn(CCCn4c(=O)[nH]c5ccccc54)c(=O)o3)oc12. The third-order valence-corrected chi connectivity index (χ3v) is 5.06. The lowest BCUT2D eigenvalue weighted by Crippen LogP contribution is -2.20. The van der Waals surface area contributed by atoms with E-state index in [9.17, 15) is 9.59 Å². The number of aromatic amines is 1. The number of nitrogens with one attached hydrogen (secondary N) is 1. The minimum absolute atomic E-state index is 0.105. The molecular weight excluding hydrogens is 400 g/mol. The molecule has 0 fully saturated rings. The second-order valence-corrected chi connectivity index (χ2v) is 7.07. The Labute approximate surface area is 175 Å². The van der Waals surface area contributed by atoms with E-state index in [1.165, 1.54) is 4.68 Å². The van der Waals surface area contributed by atoms with E-state index in [1.807, 2.05) is 49.4 Å². The lowest BCUT2D eigenvalue weighted by Gasteiger charge is -2.02.